The molecule has 0 bridgehead atoms. The molecule has 94 valence electrons. The van der Waals surface area contributed by atoms with Crippen molar-refractivity contribution in [3.05, 3.63) is 11.8 Å². The van der Waals surface area contributed by atoms with E-state index >= 15 is 0 Å². The third kappa shape index (κ3) is 3.77. The van der Waals surface area contributed by atoms with Gasteiger partial charge in [0.15, 0.2) is 0 Å². The molecular weight excluding hydrogens is 232 g/mol. The van der Waals surface area contributed by atoms with Gasteiger partial charge in [0, 0.05) is 25.4 Å². The molecule has 0 radical (unpaired) electrons. The fraction of sp³-hybridized carbons (Fsp3) is 0.667. The molecule has 17 heavy (non-hydrogen) atoms. The lowest BCUT2D eigenvalue weighted by atomic mass is 10.0. The minimum atomic E-state index is 0.687. The molecule has 0 amide bonds. The van der Waals surface area contributed by atoms with Crippen LogP contribution < -0.4 is 10.6 Å². The van der Waals surface area contributed by atoms with Gasteiger partial charge < -0.3 is 10.6 Å². The van der Waals surface area contributed by atoms with E-state index in [1.165, 1.54) is 24.3 Å². The van der Waals surface area contributed by atoms with Gasteiger partial charge in [-0.3, -0.25) is 0 Å². The highest BCUT2D eigenvalue weighted by atomic mass is 32.2. The van der Waals surface area contributed by atoms with Gasteiger partial charge in [0.25, 0.3) is 0 Å². The number of nitrogens with one attached hydrogen (secondary N) is 2. The molecule has 4 nitrogen and oxygen atoms in total. The lowest BCUT2D eigenvalue weighted by molar-refractivity contribution is 0.515. The molecule has 2 heterocycles. The molecule has 1 fully saturated rings. The Labute approximate surface area is 107 Å². The summed E-state index contributed by atoms with van der Waals surface area (Å²) in [5.41, 5.74) is 0.992. The Bertz CT molecular complexity index is 364. The molecule has 1 aromatic heterocycles. The SMILES string of the molecule is CNc1nc(C)cc(NCC2CCSCC2)n1. The van der Waals surface area contributed by atoms with E-state index in [-0.39, 0.29) is 0 Å². The van der Waals surface area contributed by atoms with E-state index in [0.717, 1.165) is 24.0 Å². The van der Waals surface area contributed by atoms with Gasteiger partial charge >= 0.3 is 0 Å². The van der Waals surface area contributed by atoms with E-state index in [9.17, 15) is 0 Å². The molecule has 2 rings (SSSR count). The number of thioether (sulfide) groups is 1. The third-order valence-electron chi connectivity index (χ3n) is 2.99. The number of aromatic nitrogens is 2. The van der Waals surface area contributed by atoms with E-state index in [4.69, 9.17) is 0 Å². The van der Waals surface area contributed by atoms with E-state index in [1.54, 1.807) is 0 Å². The van der Waals surface area contributed by atoms with Gasteiger partial charge in [-0.05, 0) is 37.2 Å². The lowest BCUT2D eigenvalue weighted by Crippen LogP contribution is -2.19. The average molecular weight is 252 g/mol. The second-order valence-electron chi connectivity index (χ2n) is 4.40. The Balaban J connectivity index is 1.91. The highest BCUT2D eigenvalue weighted by molar-refractivity contribution is 7.99. The summed E-state index contributed by atoms with van der Waals surface area (Å²) < 4.78 is 0. The summed E-state index contributed by atoms with van der Waals surface area (Å²) in [5, 5.41) is 6.41. The van der Waals surface area contributed by atoms with Crippen molar-refractivity contribution in [3.8, 4) is 0 Å². The molecule has 1 aliphatic rings. The molecule has 0 saturated carbocycles. The Morgan fingerprint density at radius 1 is 1.35 bits per heavy atom. The molecule has 2 N–H and O–H groups in total. The van der Waals surface area contributed by atoms with Crippen LogP contribution in [0.3, 0.4) is 0 Å². The van der Waals surface area contributed by atoms with Crippen LogP contribution in [0.5, 0.6) is 0 Å². The smallest absolute Gasteiger partial charge is 0.224 e. The highest BCUT2D eigenvalue weighted by Crippen LogP contribution is 2.23. The summed E-state index contributed by atoms with van der Waals surface area (Å²) in [6.07, 6.45) is 2.64. The molecule has 5 heteroatoms. The van der Waals surface area contributed by atoms with Gasteiger partial charge in [0.05, 0.1) is 0 Å². The second kappa shape index (κ2) is 6.10. The van der Waals surface area contributed by atoms with Crippen molar-refractivity contribution in [2.24, 2.45) is 5.92 Å². The highest BCUT2D eigenvalue weighted by Gasteiger charge is 2.13. The third-order valence-corrected chi connectivity index (χ3v) is 4.04. The van der Waals surface area contributed by atoms with Crippen molar-refractivity contribution in [2.45, 2.75) is 19.8 Å². The summed E-state index contributed by atoms with van der Waals surface area (Å²) in [6.45, 7) is 3.02. The van der Waals surface area contributed by atoms with Crippen molar-refractivity contribution >= 4 is 23.5 Å². The van der Waals surface area contributed by atoms with Crippen LogP contribution in [-0.2, 0) is 0 Å². The number of nitrogens with zero attached hydrogens (tertiary/aromatic N) is 2. The van der Waals surface area contributed by atoms with Crippen LogP contribution in [0.4, 0.5) is 11.8 Å². The summed E-state index contributed by atoms with van der Waals surface area (Å²) in [6, 6.07) is 2.00. The summed E-state index contributed by atoms with van der Waals surface area (Å²) in [4.78, 5) is 8.68. The van der Waals surface area contributed by atoms with Gasteiger partial charge in [-0.15, -0.1) is 0 Å². The molecule has 1 aliphatic heterocycles. The predicted molar refractivity (Wildman–Crippen MR) is 74.9 cm³/mol. The maximum Gasteiger partial charge on any atom is 0.224 e. The topological polar surface area (TPSA) is 49.8 Å². The second-order valence-corrected chi connectivity index (χ2v) is 5.63. The molecule has 1 aromatic rings. The monoisotopic (exact) mass is 252 g/mol. The first-order valence-corrected chi connectivity index (χ1v) is 7.28. The van der Waals surface area contributed by atoms with Gasteiger partial charge in [0.2, 0.25) is 5.95 Å². The maximum absolute atomic E-state index is 4.40. The largest absolute Gasteiger partial charge is 0.370 e. The van der Waals surface area contributed by atoms with Gasteiger partial charge in [-0.25, -0.2) is 4.98 Å². The molecular formula is C12H20N4S. The number of hydrogen-bond acceptors (Lipinski definition) is 5. The Kier molecular flexibility index (Phi) is 4.48. The molecule has 1 saturated heterocycles. The van der Waals surface area contributed by atoms with Gasteiger partial charge in [-0.1, -0.05) is 0 Å². The van der Waals surface area contributed by atoms with Crippen molar-refractivity contribution < 1.29 is 0 Å². The number of aryl methyl sites for hydroxylation is 1. The molecule has 0 spiro atoms. The molecule has 0 atom stereocenters. The van der Waals surface area contributed by atoms with Crippen LogP contribution >= 0.6 is 11.8 Å². The first kappa shape index (κ1) is 12.5. The van der Waals surface area contributed by atoms with Gasteiger partial charge in [0.1, 0.15) is 5.82 Å². The number of hydrogen-bond donors (Lipinski definition) is 2. The summed E-state index contributed by atoms with van der Waals surface area (Å²) >= 11 is 2.07. The zero-order valence-electron chi connectivity index (χ0n) is 10.5. The maximum atomic E-state index is 4.40. The quantitative estimate of drug-likeness (QED) is 0.861. The van der Waals surface area contributed by atoms with Crippen molar-refractivity contribution in [1.82, 2.24) is 9.97 Å². The van der Waals surface area contributed by atoms with E-state index in [2.05, 4.69) is 32.4 Å². The molecule has 0 unspecified atom stereocenters. The van der Waals surface area contributed by atoms with Crippen LogP contribution in [0, 0.1) is 12.8 Å². The van der Waals surface area contributed by atoms with E-state index in [1.807, 2.05) is 20.0 Å². The van der Waals surface area contributed by atoms with Crippen LogP contribution in [0.1, 0.15) is 18.5 Å². The molecule has 0 aromatic carbocycles. The average Bonchev–Trinajstić information content (AvgIpc) is 2.37. The van der Waals surface area contributed by atoms with Gasteiger partial charge in [-0.2, -0.15) is 16.7 Å². The summed E-state index contributed by atoms with van der Waals surface area (Å²) in [5.74, 6) is 5.02. The van der Waals surface area contributed by atoms with Crippen LogP contribution in [-0.4, -0.2) is 35.1 Å². The van der Waals surface area contributed by atoms with Crippen molar-refractivity contribution in [2.75, 3.05) is 35.7 Å². The van der Waals surface area contributed by atoms with Crippen molar-refractivity contribution in [3.63, 3.8) is 0 Å². The van der Waals surface area contributed by atoms with E-state index in [0.29, 0.717) is 5.95 Å². The fourth-order valence-electron chi connectivity index (χ4n) is 1.97. The minimum absolute atomic E-state index is 0.687. The zero-order valence-corrected chi connectivity index (χ0v) is 11.3. The van der Waals surface area contributed by atoms with Crippen LogP contribution in [0.15, 0.2) is 6.07 Å². The predicted octanol–water partition coefficient (Wildman–Crippen LogP) is 2.38. The zero-order chi connectivity index (χ0) is 12.1. The lowest BCUT2D eigenvalue weighted by Gasteiger charge is -2.21. The Hall–Kier alpha value is -0.970. The Morgan fingerprint density at radius 2 is 2.12 bits per heavy atom. The Morgan fingerprint density at radius 3 is 2.82 bits per heavy atom. The van der Waals surface area contributed by atoms with E-state index < -0.39 is 0 Å². The first-order valence-electron chi connectivity index (χ1n) is 6.13. The molecule has 0 aliphatic carbocycles. The minimum Gasteiger partial charge on any atom is -0.370 e. The standard InChI is InChI=1S/C12H20N4S/c1-9-7-11(16-12(13-2)15-9)14-8-10-3-5-17-6-4-10/h7,10H,3-6,8H2,1-2H3,(H2,13,14,15,16). The number of anilines is 2. The summed E-state index contributed by atoms with van der Waals surface area (Å²) in [7, 11) is 1.84. The number of rotatable bonds is 4. The van der Waals surface area contributed by atoms with Crippen molar-refractivity contribution in [1.29, 1.82) is 0 Å². The fourth-order valence-corrected chi connectivity index (χ4v) is 3.17. The normalized spacial score (nSPS) is 16.8. The van der Waals surface area contributed by atoms with Crippen LogP contribution in [0.25, 0.3) is 0 Å². The van der Waals surface area contributed by atoms with Crippen LogP contribution in [0.2, 0.25) is 0 Å². The first-order chi connectivity index (χ1) is 8.28.